The summed E-state index contributed by atoms with van der Waals surface area (Å²) in [5.41, 5.74) is 1.77. The largest absolute Gasteiger partial charge is 0.496 e. The average molecular weight is 545 g/mol. The van der Waals surface area contributed by atoms with Crippen LogP contribution in [-0.2, 0) is 15.0 Å². The lowest BCUT2D eigenvalue weighted by atomic mass is 9.87. The van der Waals surface area contributed by atoms with Crippen molar-refractivity contribution in [1.82, 2.24) is 15.6 Å². The summed E-state index contributed by atoms with van der Waals surface area (Å²) >= 11 is 0. The maximum Gasteiger partial charge on any atom is 0.248 e. The van der Waals surface area contributed by atoms with Crippen molar-refractivity contribution in [2.75, 3.05) is 18.6 Å². The second kappa shape index (κ2) is 11.6. The van der Waals surface area contributed by atoms with E-state index in [4.69, 9.17) is 4.74 Å². The number of methoxy groups -OCH3 is 1. The van der Waals surface area contributed by atoms with Crippen molar-refractivity contribution in [1.29, 1.82) is 0 Å². The van der Waals surface area contributed by atoms with Crippen LogP contribution in [0.2, 0.25) is 0 Å². The molecule has 2 heterocycles. The second-order valence-corrected chi connectivity index (χ2v) is 11.5. The number of nitrogens with zero attached hydrogens (tertiary/aromatic N) is 2. The molecular weight excluding hydrogens is 506 g/mol. The average Bonchev–Trinajstić information content (AvgIpc) is 3.34. The molecule has 10 heteroatoms. The van der Waals surface area contributed by atoms with Gasteiger partial charge in [0.15, 0.2) is 0 Å². The van der Waals surface area contributed by atoms with E-state index in [-0.39, 0.29) is 44.1 Å². The van der Waals surface area contributed by atoms with Crippen LogP contribution in [0.15, 0.2) is 42.7 Å². The van der Waals surface area contributed by atoms with Gasteiger partial charge in [0.05, 0.1) is 19.3 Å². The first kappa shape index (κ1) is 28.9. The van der Waals surface area contributed by atoms with Gasteiger partial charge in [0.25, 0.3) is 0 Å². The van der Waals surface area contributed by atoms with Gasteiger partial charge >= 0.3 is 0 Å². The molecule has 1 aliphatic carbocycles. The van der Waals surface area contributed by atoms with E-state index in [9.17, 15) is 23.5 Å². The van der Waals surface area contributed by atoms with Gasteiger partial charge in [-0.15, -0.1) is 0 Å². The van der Waals surface area contributed by atoms with E-state index in [1.165, 1.54) is 24.4 Å². The molecule has 2 aliphatic rings. The summed E-state index contributed by atoms with van der Waals surface area (Å²) in [6, 6.07) is 6.70. The number of aliphatic hydroxyl groups is 1. The molecule has 2 amide bonds. The van der Waals surface area contributed by atoms with Gasteiger partial charge in [-0.1, -0.05) is 32.9 Å². The molecular formula is C29H38F2N4O4. The number of carbonyl (C=O) groups excluding carboxylic acids is 2. The van der Waals surface area contributed by atoms with Crippen LogP contribution in [0.25, 0.3) is 0 Å². The van der Waals surface area contributed by atoms with Crippen LogP contribution >= 0.6 is 0 Å². The summed E-state index contributed by atoms with van der Waals surface area (Å²) in [5.74, 6) is -3.28. The number of aliphatic hydroxyl groups excluding tert-OH is 1. The first-order valence-corrected chi connectivity index (χ1v) is 13.4. The molecule has 8 nitrogen and oxygen atoms in total. The predicted molar refractivity (Wildman–Crippen MR) is 144 cm³/mol. The van der Waals surface area contributed by atoms with Gasteiger partial charge in [-0.2, -0.15) is 0 Å². The molecule has 1 saturated carbocycles. The predicted octanol–water partition coefficient (Wildman–Crippen LogP) is 3.88. The van der Waals surface area contributed by atoms with E-state index >= 15 is 0 Å². The van der Waals surface area contributed by atoms with Crippen molar-refractivity contribution in [3.63, 3.8) is 0 Å². The summed E-state index contributed by atoms with van der Waals surface area (Å²) in [7, 11) is 1.47. The maximum absolute atomic E-state index is 14.1. The third-order valence-corrected chi connectivity index (χ3v) is 7.55. The number of carbonyl (C=O) groups is 2. The SMILES string of the molecule is COc1ccncc1C(C(=O)NC1CCC(F)(F)CC1)N(C(=O)C1CC(O)CN1)c1ccc(C(C)(C)C)cc1. The van der Waals surface area contributed by atoms with E-state index in [0.29, 0.717) is 17.0 Å². The second-order valence-electron chi connectivity index (χ2n) is 11.5. The number of rotatable bonds is 7. The van der Waals surface area contributed by atoms with Crippen molar-refractivity contribution in [2.24, 2.45) is 0 Å². The zero-order chi connectivity index (χ0) is 28.4. The summed E-state index contributed by atoms with van der Waals surface area (Å²) in [4.78, 5) is 33.7. The number of ether oxygens (including phenoxy) is 1. The molecule has 4 rings (SSSR count). The van der Waals surface area contributed by atoms with Gasteiger partial charge in [0.1, 0.15) is 11.8 Å². The highest BCUT2D eigenvalue weighted by Gasteiger charge is 2.42. The van der Waals surface area contributed by atoms with Gasteiger partial charge in [-0.3, -0.25) is 19.5 Å². The van der Waals surface area contributed by atoms with Crippen molar-refractivity contribution >= 4 is 17.5 Å². The molecule has 212 valence electrons. The molecule has 2 fully saturated rings. The molecule has 2 aromatic rings. The number of β-amino-alcohol motifs (C(OH)–C–C–N with tert-alkyl or cyclic N) is 1. The number of anilines is 1. The molecule has 1 saturated heterocycles. The Bertz CT molecular complexity index is 1160. The van der Waals surface area contributed by atoms with Crippen molar-refractivity contribution in [3.05, 3.63) is 53.9 Å². The summed E-state index contributed by atoms with van der Waals surface area (Å²) < 4.78 is 33.1. The Morgan fingerprint density at radius 3 is 2.41 bits per heavy atom. The maximum atomic E-state index is 14.1. The van der Waals surface area contributed by atoms with E-state index in [2.05, 4.69) is 36.4 Å². The monoisotopic (exact) mass is 544 g/mol. The van der Waals surface area contributed by atoms with E-state index in [0.717, 1.165) is 5.56 Å². The molecule has 3 unspecified atom stereocenters. The molecule has 39 heavy (non-hydrogen) atoms. The summed E-state index contributed by atoms with van der Waals surface area (Å²) in [6.07, 6.45) is 2.19. The third-order valence-electron chi connectivity index (χ3n) is 7.55. The number of aromatic nitrogens is 1. The number of hydrogen-bond donors (Lipinski definition) is 3. The minimum Gasteiger partial charge on any atom is -0.496 e. The fourth-order valence-electron chi connectivity index (χ4n) is 5.25. The van der Waals surface area contributed by atoms with Gasteiger partial charge in [0, 0.05) is 49.1 Å². The number of nitrogens with one attached hydrogen (secondary N) is 2. The number of alkyl halides is 2. The number of halogens is 2. The van der Waals surface area contributed by atoms with Gasteiger partial charge < -0.3 is 20.5 Å². The van der Waals surface area contributed by atoms with Crippen LogP contribution in [0.4, 0.5) is 14.5 Å². The first-order chi connectivity index (χ1) is 18.4. The highest BCUT2D eigenvalue weighted by atomic mass is 19.3. The topological polar surface area (TPSA) is 104 Å². The Labute approximate surface area is 228 Å². The summed E-state index contributed by atoms with van der Waals surface area (Å²) in [6.45, 7) is 6.51. The molecule has 0 spiro atoms. The zero-order valence-electron chi connectivity index (χ0n) is 22.9. The number of benzene rings is 1. The minimum absolute atomic E-state index is 0.128. The molecule has 0 bridgehead atoms. The molecule has 0 radical (unpaired) electrons. The fourth-order valence-corrected chi connectivity index (χ4v) is 5.25. The van der Waals surface area contributed by atoms with Crippen LogP contribution in [-0.4, -0.2) is 59.7 Å². The lowest BCUT2D eigenvalue weighted by Crippen LogP contribution is -2.52. The lowest BCUT2D eigenvalue weighted by molar-refractivity contribution is -0.128. The Morgan fingerprint density at radius 2 is 1.85 bits per heavy atom. The number of amides is 2. The number of pyridine rings is 1. The Hall–Kier alpha value is -3.11. The fraction of sp³-hybridized carbons (Fsp3) is 0.552. The molecule has 3 N–H and O–H groups in total. The number of hydrogen-bond acceptors (Lipinski definition) is 6. The van der Waals surface area contributed by atoms with Gasteiger partial charge in [-0.25, -0.2) is 8.78 Å². The Balaban J connectivity index is 1.78. The Morgan fingerprint density at radius 1 is 1.18 bits per heavy atom. The highest BCUT2D eigenvalue weighted by molar-refractivity contribution is 6.04. The third kappa shape index (κ3) is 6.73. The highest BCUT2D eigenvalue weighted by Crippen LogP contribution is 2.37. The van der Waals surface area contributed by atoms with Crippen LogP contribution in [0.3, 0.4) is 0 Å². The first-order valence-electron chi connectivity index (χ1n) is 13.4. The van der Waals surface area contributed by atoms with E-state index in [1.54, 1.807) is 18.2 Å². The van der Waals surface area contributed by atoms with Crippen LogP contribution in [0.1, 0.15) is 70.0 Å². The van der Waals surface area contributed by atoms with Crippen LogP contribution < -0.4 is 20.3 Å². The molecule has 1 aromatic carbocycles. The van der Waals surface area contributed by atoms with Gasteiger partial charge in [0.2, 0.25) is 17.7 Å². The van der Waals surface area contributed by atoms with Crippen LogP contribution in [0, 0.1) is 0 Å². The smallest absolute Gasteiger partial charge is 0.248 e. The molecule has 3 atom stereocenters. The standard InChI is InChI=1S/C29H38F2N4O4/c1-28(2,3)18-5-7-20(8-6-18)35(27(38)23-15-21(36)16-33-23)25(22-17-32-14-11-24(22)39-4)26(37)34-19-9-12-29(30,31)13-10-19/h5-8,11,14,17,19,21,23,25,33,36H,9-10,12-13,15-16H2,1-4H3,(H,34,37). The zero-order valence-corrected chi connectivity index (χ0v) is 22.9. The van der Waals surface area contributed by atoms with Crippen molar-refractivity contribution in [2.45, 2.75) is 88.4 Å². The quantitative estimate of drug-likeness (QED) is 0.489. The van der Waals surface area contributed by atoms with Gasteiger partial charge in [-0.05, 0) is 48.4 Å². The van der Waals surface area contributed by atoms with E-state index in [1.807, 2.05) is 12.1 Å². The Kier molecular flexibility index (Phi) is 8.56. The minimum atomic E-state index is -2.74. The molecule has 1 aromatic heterocycles. The lowest BCUT2D eigenvalue weighted by Gasteiger charge is -2.36. The van der Waals surface area contributed by atoms with Crippen molar-refractivity contribution in [3.8, 4) is 5.75 Å². The normalized spacial score (nSPS) is 22.2. The van der Waals surface area contributed by atoms with Crippen LogP contribution in [0.5, 0.6) is 5.75 Å². The van der Waals surface area contributed by atoms with E-state index < -0.39 is 42.0 Å². The van der Waals surface area contributed by atoms with Crippen molar-refractivity contribution < 1.29 is 28.2 Å². The molecule has 1 aliphatic heterocycles. The summed E-state index contributed by atoms with van der Waals surface area (Å²) in [5, 5.41) is 16.1.